The number of ether oxygens (including phenoxy) is 2. The molecule has 0 amide bonds. The van der Waals surface area contributed by atoms with Gasteiger partial charge in [-0.1, -0.05) is 0 Å². The summed E-state index contributed by atoms with van der Waals surface area (Å²) in [5.41, 5.74) is 1.93. The quantitative estimate of drug-likeness (QED) is 0.565. The fraction of sp³-hybridized carbons (Fsp3) is 0.300. The Kier molecular flexibility index (Phi) is 8.02. The largest absolute Gasteiger partial charge is 0.462 e. The second-order valence-corrected chi connectivity index (χ2v) is 8.05. The van der Waals surface area contributed by atoms with Gasteiger partial charge in [-0.25, -0.2) is 18.0 Å². The molecular formula is C20H24N2O6S. The molecule has 2 aromatic carbocycles. The molecule has 156 valence electrons. The highest BCUT2D eigenvalue weighted by molar-refractivity contribution is 7.91. The summed E-state index contributed by atoms with van der Waals surface area (Å²) in [6.07, 6.45) is 0. The Bertz CT molecular complexity index is 853. The Morgan fingerprint density at radius 3 is 1.38 bits per heavy atom. The molecule has 2 N–H and O–H groups in total. The Morgan fingerprint density at radius 1 is 0.724 bits per heavy atom. The summed E-state index contributed by atoms with van der Waals surface area (Å²) in [5.74, 6) is -1.41. The number of anilines is 2. The first-order valence-corrected chi connectivity index (χ1v) is 10.9. The van der Waals surface area contributed by atoms with Crippen molar-refractivity contribution in [2.75, 3.05) is 35.6 Å². The van der Waals surface area contributed by atoms with Gasteiger partial charge in [-0.15, -0.1) is 0 Å². The van der Waals surface area contributed by atoms with Gasteiger partial charge in [0.1, 0.15) is 11.8 Å². The normalized spacial score (nSPS) is 10.8. The van der Waals surface area contributed by atoms with Crippen molar-refractivity contribution in [1.82, 2.24) is 0 Å². The second-order valence-electron chi connectivity index (χ2n) is 5.98. The number of esters is 2. The molecular weight excluding hydrogens is 396 g/mol. The highest BCUT2D eigenvalue weighted by Gasteiger charge is 2.12. The molecule has 0 aliphatic carbocycles. The van der Waals surface area contributed by atoms with Crippen molar-refractivity contribution in [3.8, 4) is 0 Å². The van der Waals surface area contributed by atoms with E-state index in [0.717, 1.165) is 0 Å². The van der Waals surface area contributed by atoms with E-state index in [0.29, 0.717) is 22.5 Å². The third-order valence-electron chi connectivity index (χ3n) is 3.78. The first kappa shape index (κ1) is 22.2. The third kappa shape index (κ3) is 7.11. The number of rotatable bonds is 10. The maximum atomic E-state index is 12.2. The summed E-state index contributed by atoms with van der Waals surface area (Å²) in [5, 5.41) is 5.63. The van der Waals surface area contributed by atoms with Gasteiger partial charge in [0.05, 0.1) is 24.3 Å². The second kappa shape index (κ2) is 10.5. The van der Waals surface area contributed by atoms with Crippen molar-refractivity contribution in [3.63, 3.8) is 0 Å². The Morgan fingerprint density at radius 2 is 1.07 bits per heavy atom. The Hall–Kier alpha value is -3.07. The molecule has 0 radical (unpaired) electrons. The van der Waals surface area contributed by atoms with Crippen LogP contribution in [0.15, 0.2) is 48.5 Å². The van der Waals surface area contributed by atoms with E-state index < -0.39 is 21.8 Å². The zero-order chi connectivity index (χ0) is 21.3. The first-order chi connectivity index (χ1) is 13.8. The van der Waals surface area contributed by atoms with Gasteiger partial charge < -0.3 is 20.1 Å². The van der Waals surface area contributed by atoms with Crippen LogP contribution in [-0.4, -0.2) is 45.3 Å². The minimum absolute atomic E-state index is 0.278. The van der Waals surface area contributed by atoms with E-state index in [-0.39, 0.29) is 25.0 Å². The smallest absolute Gasteiger partial charge is 0.338 e. The van der Waals surface area contributed by atoms with Crippen LogP contribution in [0.4, 0.5) is 11.4 Å². The van der Waals surface area contributed by atoms with Gasteiger partial charge in [0.25, 0.3) is 0 Å². The molecule has 0 spiro atoms. The highest BCUT2D eigenvalue weighted by atomic mass is 32.2. The zero-order valence-electron chi connectivity index (χ0n) is 16.3. The van der Waals surface area contributed by atoms with Gasteiger partial charge in [0, 0.05) is 11.4 Å². The average Bonchev–Trinajstić information content (AvgIpc) is 2.72. The summed E-state index contributed by atoms with van der Waals surface area (Å²) in [7, 11) is -3.45. The molecule has 0 heterocycles. The molecule has 0 fully saturated rings. The van der Waals surface area contributed by atoms with Crippen molar-refractivity contribution in [3.05, 3.63) is 59.7 Å². The van der Waals surface area contributed by atoms with Crippen LogP contribution in [0.25, 0.3) is 0 Å². The van der Waals surface area contributed by atoms with Gasteiger partial charge in [-0.2, -0.15) is 0 Å². The van der Waals surface area contributed by atoms with Crippen molar-refractivity contribution >= 4 is 33.2 Å². The van der Waals surface area contributed by atoms with E-state index in [2.05, 4.69) is 10.6 Å². The highest BCUT2D eigenvalue weighted by Crippen LogP contribution is 2.13. The van der Waals surface area contributed by atoms with Crippen molar-refractivity contribution in [2.24, 2.45) is 0 Å². The predicted octanol–water partition coefficient (Wildman–Crippen LogP) is 2.89. The van der Waals surface area contributed by atoms with E-state index in [1.807, 2.05) is 0 Å². The summed E-state index contributed by atoms with van der Waals surface area (Å²) in [6.45, 7) is 4.02. The minimum atomic E-state index is -3.45. The molecule has 0 aromatic heterocycles. The number of hydrogen-bond acceptors (Lipinski definition) is 8. The van der Waals surface area contributed by atoms with Crippen LogP contribution in [0.5, 0.6) is 0 Å². The lowest BCUT2D eigenvalue weighted by atomic mass is 10.2. The maximum absolute atomic E-state index is 12.2. The fourth-order valence-electron chi connectivity index (χ4n) is 2.31. The standard InChI is InChI=1S/C20H24N2O6S/c1-3-27-19(23)15-5-9-17(10-6-15)21-13-29(25,26)14-22-18-11-7-16(8-12-18)20(24)28-4-2/h5-12,21-22H,3-4,13-14H2,1-2H3. The molecule has 2 rings (SSSR count). The van der Waals surface area contributed by atoms with Crippen molar-refractivity contribution < 1.29 is 27.5 Å². The first-order valence-electron chi connectivity index (χ1n) is 9.07. The molecule has 29 heavy (non-hydrogen) atoms. The molecule has 0 aliphatic rings. The number of hydrogen-bond donors (Lipinski definition) is 2. The maximum Gasteiger partial charge on any atom is 0.338 e. The molecule has 0 bridgehead atoms. The third-order valence-corrected chi connectivity index (χ3v) is 4.95. The fourth-order valence-corrected chi connectivity index (χ4v) is 3.19. The Labute approximate surface area is 170 Å². The molecule has 0 saturated heterocycles. The van der Waals surface area contributed by atoms with Crippen LogP contribution in [0.3, 0.4) is 0 Å². The van der Waals surface area contributed by atoms with Gasteiger partial charge >= 0.3 is 11.9 Å². The minimum Gasteiger partial charge on any atom is -0.462 e. The zero-order valence-corrected chi connectivity index (χ0v) is 17.1. The molecule has 0 saturated carbocycles. The molecule has 0 atom stereocenters. The lowest BCUT2D eigenvalue weighted by Crippen LogP contribution is -2.22. The number of sulfone groups is 1. The number of carbonyl (C=O) groups excluding carboxylic acids is 2. The van der Waals surface area contributed by atoms with Crippen LogP contribution in [0, 0.1) is 0 Å². The lowest BCUT2D eigenvalue weighted by molar-refractivity contribution is 0.0517. The molecule has 0 aliphatic heterocycles. The van der Waals surface area contributed by atoms with E-state index in [4.69, 9.17) is 9.47 Å². The average molecular weight is 420 g/mol. The number of nitrogens with one attached hydrogen (secondary N) is 2. The predicted molar refractivity (Wildman–Crippen MR) is 111 cm³/mol. The molecule has 8 nitrogen and oxygen atoms in total. The van der Waals surface area contributed by atoms with Crippen molar-refractivity contribution in [1.29, 1.82) is 0 Å². The van der Waals surface area contributed by atoms with Crippen molar-refractivity contribution in [2.45, 2.75) is 13.8 Å². The molecule has 2 aromatic rings. The van der Waals surface area contributed by atoms with Crippen LogP contribution in [-0.2, 0) is 19.3 Å². The number of benzene rings is 2. The van der Waals surface area contributed by atoms with Gasteiger partial charge in [-0.05, 0) is 62.4 Å². The van der Waals surface area contributed by atoms with Crippen LogP contribution in [0.2, 0.25) is 0 Å². The number of carbonyl (C=O) groups is 2. The van der Waals surface area contributed by atoms with Gasteiger partial charge in [-0.3, -0.25) is 0 Å². The molecule has 9 heteroatoms. The summed E-state index contributed by atoms with van der Waals surface area (Å²) in [4.78, 5) is 23.2. The van der Waals surface area contributed by atoms with Crippen LogP contribution < -0.4 is 10.6 Å². The van der Waals surface area contributed by atoms with E-state index >= 15 is 0 Å². The lowest BCUT2D eigenvalue weighted by Gasteiger charge is -2.11. The van der Waals surface area contributed by atoms with Gasteiger partial charge in [0.15, 0.2) is 9.84 Å². The summed E-state index contributed by atoms with van der Waals surface area (Å²) >= 11 is 0. The van der Waals surface area contributed by atoms with Crippen LogP contribution in [0.1, 0.15) is 34.6 Å². The summed E-state index contributed by atoms with van der Waals surface area (Å²) in [6, 6.07) is 12.7. The summed E-state index contributed by atoms with van der Waals surface area (Å²) < 4.78 is 34.2. The van der Waals surface area contributed by atoms with E-state index in [9.17, 15) is 18.0 Å². The Balaban J connectivity index is 1.85. The SMILES string of the molecule is CCOC(=O)c1ccc(NCS(=O)(=O)CNc2ccc(C(=O)OCC)cc2)cc1. The van der Waals surface area contributed by atoms with E-state index in [1.165, 1.54) is 0 Å². The monoisotopic (exact) mass is 420 g/mol. The van der Waals surface area contributed by atoms with E-state index in [1.54, 1.807) is 62.4 Å². The van der Waals surface area contributed by atoms with Crippen LogP contribution >= 0.6 is 0 Å². The van der Waals surface area contributed by atoms with Gasteiger partial charge in [0.2, 0.25) is 0 Å². The molecule has 0 unspecified atom stereocenters. The topological polar surface area (TPSA) is 111 Å².